The molecule has 1 N–H and O–H groups in total. The van der Waals surface area contributed by atoms with Gasteiger partial charge in [0.25, 0.3) is 5.91 Å². The van der Waals surface area contributed by atoms with Gasteiger partial charge in [-0.05, 0) is 37.1 Å². The zero-order chi connectivity index (χ0) is 23.1. The third-order valence-corrected chi connectivity index (χ3v) is 5.21. The number of aromatic nitrogens is 2. The first-order valence-corrected chi connectivity index (χ1v) is 9.78. The Morgan fingerprint density at radius 1 is 0.938 bits per heavy atom. The van der Waals surface area contributed by atoms with Crippen LogP contribution in [0.15, 0.2) is 48.7 Å². The molecule has 0 aliphatic carbocycles. The molecule has 0 saturated heterocycles. The summed E-state index contributed by atoms with van der Waals surface area (Å²) in [5.74, 6) is -0.196. The summed E-state index contributed by atoms with van der Waals surface area (Å²) >= 11 is 0. The second-order valence-electron chi connectivity index (χ2n) is 7.49. The minimum Gasteiger partial charge on any atom is -0.334 e. The molecule has 1 aromatic heterocycles. The van der Waals surface area contributed by atoms with E-state index in [0.29, 0.717) is 23.4 Å². The summed E-state index contributed by atoms with van der Waals surface area (Å²) in [5.41, 5.74) is -2.52. The lowest BCUT2D eigenvalue weighted by molar-refractivity contribution is -0.143. The number of carbonyl (C=O) groups excluding carboxylic acids is 1. The minimum absolute atomic E-state index is 0.0135. The Labute approximate surface area is 178 Å². The van der Waals surface area contributed by atoms with E-state index in [1.807, 2.05) is 10.8 Å². The van der Waals surface area contributed by atoms with E-state index < -0.39 is 35.0 Å². The number of alkyl halides is 6. The Hall–Kier alpha value is -3.30. The lowest BCUT2D eigenvalue weighted by Crippen LogP contribution is -2.17. The second-order valence-corrected chi connectivity index (χ2v) is 7.49. The van der Waals surface area contributed by atoms with Crippen LogP contribution in [0.2, 0.25) is 0 Å². The summed E-state index contributed by atoms with van der Waals surface area (Å²) in [5, 5.41) is 2.44. The van der Waals surface area contributed by atoms with E-state index in [-0.39, 0.29) is 11.8 Å². The number of hydrogen-bond donors (Lipinski definition) is 1. The summed E-state index contributed by atoms with van der Waals surface area (Å²) in [6.45, 7) is 0.807. The fraction of sp³-hybridized carbons (Fsp3) is 0.273. The average molecular weight is 453 g/mol. The van der Waals surface area contributed by atoms with Gasteiger partial charge in [0, 0.05) is 30.3 Å². The van der Waals surface area contributed by atoms with Gasteiger partial charge in [-0.3, -0.25) is 4.79 Å². The smallest absolute Gasteiger partial charge is 0.334 e. The number of rotatable bonds is 3. The predicted octanol–water partition coefficient (Wildman–Crippen LogP) is 6.18. The molecule has 0 unspecified atom stereocenters. The van der Waals surface area contributed by atoms with Crippen molar-refractivity contribution in [2.24, 2.45) is 0 Å². The van der Waals surface area contributed by atoms with Gasteiger partial charge < -0.3 is 9.88 Å². The molecule has 0 saturated carbocycles. The topological polar surface area (TPSA) is 46.9 Å². The van der Waals surface area contributed by atoms with E-state index in [4.69, 9.17) is 0 Å². The summed E-state index contributed by atoms with van der Waals surface area (Å²) in [7, 11) is 0. The highest BCUT2D eigenvalue weighted by atomic mass is 19.4. The fourth-order valence-electron chi connectivity index (χ4n) is 3.64. The van der Waals surface area contributed by atoms with Crippen LogP contribution in [0, 0.1) is 0 Å². The maximum atomic E-state index is 13.1. The van der Waals surface area contributed by atoms with Crippen molar-refractivity contribution >= 4 is 11.6 Å². The van der Waals surface area contributed by atoms with E-state index in [1.54, 1.807) is 18.2 Å². The van der Waals surface area contributed by atoms with Crippen molar-refractivity contribution < 1.29 is 31.1 Å². The quantitative estimate of drug-likeness (QED) is 0.482. The molecule has 32 heavy (non-hydrogen) atoms. The average Bonchev–Trinajstić information content (AvgIpc) is 3.16. The normalized spacial score (nSPS) is 14.2. The van der Waals surface area contributed by atoms with Gasteiger partial charge in [-0.25, -0.2) is 4.98 Å². The first-order valence-electron chi connectivity index (χ1n) is 9.78. The third-order valence-electron chi connectivity index (χ3n) is 5.21. The van der Waals surface area contributed by atoms with Gasteiger partial charge in [-0.15, -0.1) is 0 Å². The van der Waals surface area contributed by atoms with Crippen LogP contribution in [-0.2, 0) is 25.3 Å². The molecule has 4 nitrogen and oxygen atoms in total. The molecule has 1 amide bonds. The van der Waals surface area contributed by atoms with Gasteiger partial charge in [0.1, 0.15) is 5.82 Å². The SMILES string of the molecule is O=C(Nc1ccccc1-c1cn2c(n1)CCCC2)c1cc(C(F)(F)F)cc(C(F)(F)F)c1. The number of aryl methyl sites for hydroxylation is 2. The number of anilines is 1. The predicted molar refractivity (Wildman–Crippen MR) is 105 cm³/mol. The maximum Gasteiger partial charge on any atom is 0.416 e. The molecule has 0 radical (unpaired) electrons. The molecule has 168 valence electrons. The van der Waals surface area contributed by atoms with Gasteiger partial charge in [0.05, 0.1) is 22.5 Å². The monoisotopic (exact) mass is 453 g/mol. The van der Waals surface area contributed by atoms with E-state index in [0.717, 1.165) is 31.6 Å². The molecule has 1 aliphatic heterocycles. The first-order chi connectivity index (χ1) is 15.0. The van der Waals surface area contributed by atoms with E-state index in [1.165, 1.54) is 6.07 Å². The van der Waals surface area contributed by atoms with E-state index in [9.17, 15) is 31.1 Å². The molecule has 2 aromatic carbocycles. The Kier molecular flexibility index (Phi) is 5.47. The number of benzene rings is 2. The molecular formula is C22H17F6N3O. The largest absolute Gasteiger partial charge is 0.416 e. The number of amides is 1. The zero-order valence-electron chi connectivity index (χ0n) is 16.5. The summed E-state index contributed by atoms with van der Waals surface area (Å²) in [6, 6.07) is 7.30. The lowest BCUT2D eigenvalue weighted by Gasteiger charge is -2.15. The van der Waals surface area contributed by atoms with E-state index >= 15 is 0 Å². The van der Waals surface area contributed by atoms with Gasteiger partial charge in [0.2, 0.25) is 0 Å². The van der Waals surface area contributed by atoms with Crippen LogP contribution in [0.25, 0.3) is 11.3 Å². The van der Waals surface area contributed by atoms with Crippen LogP contribution in [0.4, 0.5) is 32.0 Å². The summed E-state index contributed by atoms with van der Waals surface area (Å²) < 4.78 is 80.7. The summed E-state index contributed by atoms with van der Waals surface area (Å²) in [4.78, 5) is 17.2. The maximum absolute atomic E-state index is 13.1. The van der Waals surface area contributed by atoms with Crippen LogP contribution in [0.5, 0.6) is 0 Å². The third kappa shape index (κ3) is 4.49. The van der Waals surface area contributed by atoms with Gasteiger partial charge in [0.15, 0.2) is 0 Å². The van der Waals surface area contributed by atoms with Crippen LogP contribution in [0.3, 0.4) is 0 Å². The van der Waals surface area contributed by atoms with Crippen molar-refractivity contribution in [3.8, 4) is 11.3 Å². The number of imidazole rings is 1. The van der Waals surface area contributed by atoms with Crippen LogP contribution in [-0.4, -0.2) is 15.5 Å². The van der Waals surface area contributed by atoms with Crippen molar-refractivity contribution in [3.05, 3.63) is 71.2 Å². The standard InChI is InChI=1S/C22H17F6N3O/c23-21(24,25)14-9-13(10-15(11-14)22(26,27)28)20(32)30-17-6-2-1-5-16(17)18-12-31-8-4-3-7-19(31)29-18/h1-2,5-6,9-12H,3-4,7-8H2,(H,30,32). The number of nitrogens with zero attached hydrogens (tertiary/aromatic N) is 2. The van der Waals surface area contributed by atoms with Crippen molar-refractivity contribution in [2.75, 3.05) is 5.32 Å². The number of para-hydroxylation sites is 1. The van der Waals surface area contributed by atoms with Crippen LogP contribution < -0.4 is 5.32 Å². The number of nitrogens with one attached hydrogen (secondary N) is 1. The van der Waals surface area contributed by atoms with E-state index in [2.05, 4.69) is 10.3 Å². The molecule has 0 fully saturated rings. The van der Waals surface area contributed by atoms with Gasteiger partial charge >= 0.3 is 12.4 Å². The van der Waals surface area contributed by atoms with Crippen LogP contribution >= 0.6 is 0 Å². The molecule has 4 rings (SSSR count). The summed E-state index contributed by atoms with van der Waals surface area (Å²) in [6.07, 6.45) is -5.43. The van der Waals surface area contributed by atoms with Crippen molar-refractivity contribution in [3.63, 3.8) is 0 Å². The Balaban J connectivity index is 1.69. The van der Waals surface area contributed by atoms with Crippen LogP contribution in [0.1, 0.15) is 40.2 Å². The molecule has 10 heteroatoms. The molecule has 1 aliphatic rings. The zero-order valence-corrected chi connectivity index (χ0v) is 16.5. The highest BCUT2D eigenvalue weighted by molar-refractivity contribution is 6.06. The van der Waals surface area contributed by atoms with Crippen molar-refractivity contribution in [2.45, 2.75) is 38.2 Å². The highest BCUT2D eigenvalue weighted by Gasteiger charge is 2.37. The molecule has 2 heterocycles. The van der Waals surface area contributed by atoms with Gasteiger partial charge in [-0.2, -0.15) is 26.3 Å². The molecular weight excluding hydrogens is 436 g/mol. The molecule has 0 bridgehead atoms. The molecule has 3 aromatic rings. The highest BCUT2D eigenvalue weighted by Crippen LogP contribution is 2.37. The second kappa shape index (κ2) is 7.99. The Bertz CT molecular complexity index is 1110. The fourth-order valence-corrected chi connectivity index (χ4v) is 3.64. The Morgan fingerprint density at radius 2 is 1.59 bits per heavy atom. The Morgan fingerprint density at radius 3 is 2.22 bits per heavy atom. The number of carbonyl (C=O) groups is 1. The lowest BCUT2D eigenvalue weighted by atomic mass is 10.0. The molecule has 0 atom stereocenters. The minimum atomic E-state index is -5.04. The number of hydrogen-bond acceptors (Lipinski definition) is 2. The first kappa shape index (κ1) is 21.9. The van der Waals surface area contributed by atoms with Crippen molar-refractivity contribution in [1.82, 2.24) is 9.55 Å². The van der Waals surface area contributed by atoms with Crippen molar-refractivity contribution in [1.29, 1.82) is 0 Å². The number of fused-ring (bicyclic) bond motifs is 1. The molecule has 0 spiro atoms. The number of halogens is 6. The van der Waals surface area contributed by atoms with Gasteiger partial charge in [-0.1, -0.05) is 18.2 Å².